The molecule has 1 saturated heterocycles. The first kappa shape index (κ1) is 38.1. The molecule has 19 N–H and O–H groups in total. The van der Waals surface area contributed by atoms with E-state index in [4.69, 9.17) is 28.7 Å². The molecule has 262 valence electrons. The minimum atomic E-state index is -1.63. The van der Waals surface area contributed by atoms with E-state index in [-0.39, 0.29) is 25.3 Å². The Labute approximate surface area is 269 Å². The van der Waals surface area contributed by atoms with Gasteiger partial charge in [0.25, 0.3) is 5.91 Å². The molecule has 22 nitrogen and oxygen atoms in total. The molecule has 8 amide bonds. The maximum absolute atomic E-state index is 13.5. The molecule has 2 aliphatic rings. The summed E-state index contributed by atoms with van der Waals surface area (Å²) in [6, 6.07) is -8.54. The van der Waals surface area contributed by atoms with E-state index in [1.54, 1.807) is 0 Å². The van der Waals surface area contributed by atoms with Crippen molar-refractivity contribution in [3.8, 4) is 0 Å². The highest BCUT2D eigenvalue weighted by molar-refractivity contribution is 6.02. The number of hydrogen-bond acceptors (Lipinski definition) is 14. The van der Waals surface area contributed by atoms with E-state index in [0.717, 1.165) is 6.20 Å². The van der Waals surface area contributed by atoms with Crippen molar-refractivity contribution in [2.75, 3.05) is 32.8 Å². The second kappa shape index (κ2) is 18.8. The molecule has 0 aromatic rings. The van der Waals surface area contributed by atoms with Crippen molar-refractivity contribution < 1.29 is 38.7 Å². The van der Waals surface area contributed by atoms with Crippen LogP contribution < -0.4 is 71.2 Å². The SMILES string of the molecule is NCCC[C@H](N)CC(=O)NC[C@@H]1NC(=O)[C@H](CO)NC(=O)[C@@H](N)CNC(=O)[C@H]([C@H]2CCN=C(N)N2)NC(=O)/C(=C/NC(N)=O)NC1=O. The summed E-state index contributed by atoms with van der Waals surface area (Å²) in [5.74, 6) is -5.62. The van der Waals surface area contributed by atoms with E-state index in [2.05, 4.69) is 42.2 Å². The summed E-state index contributed by atoms with van der Waals surface area (Å²) >= 11 is 0. The van der Waals surface area contributed by atoms with Crippen LogP contribution in [-0.4, -0.2) is 122 Å². The number of aliphatic hydroxyl groups is 1. The van der Waals surface area contributed by atoms with Gasteiger partial charge in [0.2, 0.25) is 29.5 Å². The lowest BCUT2D eigenvalue weighted by Gasteiger charge is -2.31. The van der Waals surface area contributed by atoms with Gasteiger partial charge in [-0.25, -0.2) is 4.79 Å². The van der Waals surface area contributed by atoms with Crippen LogP contribution in [-0.2, 0) is 28.8 Å². The molecular formula is C25H44N14O8. The van der Waals surface area contributed by atoms with Crippen molar-refractivity contribution in [1.29, 1.82) is 0 Å². The number of carbonyl (C=O) groups is 7. The molecular weight excluding hydrogens is 624 g/mol. The number of guanidine groups is 1. The molecule has 2 rings (SSSR count). The normalized spacial score (nSPS) is 26.3. The summed E-state index contributed by atoms with van der Waals surface area (Å²) in [7, 11) is 0. The molecule has 0 spiro atoms. The van der Waals surface area contributed by atoms with Gasteiger partial charge in [-0.15, -0.1) is 0 Å². The molecule has 2 aliphatic heterocycles. The lowest BCUT2D eigenvalue weighted by molar-refractivity contribution is -0.134. The minimum Gasteiger partial charge on any atom is -0.394 e. The predicted octanol–water partition coefficient (Wildman–Crippen LogP) is -8.23. The van der Waals surface area contributed by atoms with Crippen molar-refractivity contribution in [2.45, 2.75) is 61.9 Å². The van der Waals surface area contributed by atoms with Gasteiger partial charge in [0, 0.05) is 38.3 Å². The number of aliphatic hydroxyl groups excluding tert-OH is 1. The predicted molar refractivity (Wildman–Crippen MR) is 165 cm³/mol. The van der Waals surface area contributed by atoms with Gasteiger partial charge < -0.3 is 76.3 Å². The van der Waals surface area contributed by atoms with Crippen LogP contribution in [0.2, 0.25) is 0 Å². The first-order valence-electron chi connectivity index (χ1n) is 14.7. The topological polar surface area (TPSA) is 378 Å². The van der Waals surface area contributed by atoms with E-state index < -0.39 is 103 Å². The first-order chi connectivity index (χ1) is 22.2. The van der Waals surface area contributed by atoms with Gasteiger partial charge in [0.05, 0.1) is 12.6 Å². The third-order valence-electron chi connectivity index (χ3n) is 6.90. The van der Waals surface area contributed by atoms with Gasteiger partial charge in [-0.3, -0.25) is 33.8 Å². The minimum absolute atomic E-state index is 0.0120. The van der Waals surface area contributed by atoms with Gasteiger partial charge in [0.15, 0.2) is 5.96 Å². The Balaban J connectivity index is 2.45. The van der Waals surface area contributed by atoms with E-state index in [0.29, 0.717) is 19.4 Å². The summed E-state index contributed by atoms with van der Waals surface area (Å²) in [4.78, 5) is 93.9. The van der Waals surface area contributed by atoms with Crippen LogP contribution in [0.4, 0.5) is 4.79 Å². The van der Waals surface area contributed by atoms with Crippen LogP contribution in [0.1, 0.15) is 25.7 Å². The van der Waals surface area contributed by atoms with Crippen molar-refractivity contribution in [3.63, 3.8) is 0 Å². The first-order valence-corrected chi connectivity index (χ1v) is 14.7. The zero-order valence-electron chi connectivity index (χ0n) is 25.5. The molecule has 0 aliphatic carbocycles. The van der Waals surface area contributed by atoms with Crippen LogP contribution >= 0.6 is 0 Å². The highest BCUT2D eigenvalue weighted by atomic mass is 16.3. The van der Waals surface area contributed by atoms with Crippen LogP contribution in [0.5, 0.6) is 0 Å². The smallest absolute Gasteiger partial charge is 0.316 e. The molecule has 0 saturated carbocycles. The molecule has 47 heavy (non-hydrogen) atoms. The Kier molecular flexibility index (Phi) is 15.2. The summed E-state index contributed by atoms with van der Waals surface area (Å²) in [6.07, 6.45) is 1.86. The fourth-order valence-electron chi connectivity index (χ4n) is 4.35. The van der Waals surface area contributed by atoms with Crippen molar-refractivity contribution in [3.05, 3.63) is 11.9 Å². The Hall–Kier alpha value is -5.06. The van der Waals surface area contributed by atoms with Crippen LogP contribution in [0, 0.1) is 0 Å². The monoisotopic (exact) mass is 668 g/mol. The molecule has 2 heterocycles. The van der Waals surface area contributed by atoms with E-state index in [1.807, 2.05) is 5.32 Å². The van der Waals surface area contributed by atoms with Crippen LogP contribution in [0.25, 0.3) is 0 Å². The maximum atomic E-state index is 13.5. The Morgan fingerprint density at radius 1 is 1.02 bits per heavy atom. The molecule has 0 unspecified atom stereocenters. The Morgan fingerprint density at radius 2 is 1.72 bits per heavy atom. The average Bonchev–Trinajstić information content (AvgIpc) is 3.02. The second-order valence-corrected chi connectivity index (χ2v) is 10.7. The molecule has 0 aromatic carbocycles. The van der Waals surface area contributed by atoms with Crippen LogP contribution in [0.15, 0.2) is 16.9 Å². The quantitative estimate of drug-likeness (QED) is 0.0963. The number of urea groups is 1. The van der Waals surface area contributed by atoms with Crippen molar-refractivity contribution in [2.24, 2.45) is 33.7 Å². The van der Waals surface area contributed by atoms with Gasteiger partial charge >= 0.3 is 6.03 Å². The number of rotatable bonds is 10. The van der Waals surface area contributed by atoms with Gasteiger partial charge in [0.1, 0.15) is 29.9 Å². The molecule has 0 bridgehead atoms. The highest BCUT2D eigenvalue weighted by Gasteiger charge is 2.35. The van der Waals surface area contributed by atoms with Crippen molar-refractivity contribution >= 4 is 47.4 Å². The summed E-state index contributed by atoms with van der Waals surface area (Å²) in [5, 5.41) is 28.7. The average molecular weight is 669 g/mol. The third kappa shape index (κ3) is 12.7. The summed E-state index contributed by atoms with van der Waals surface area (Å²) < 4.78 is 0. The van der Waals surface area contributed by atoms with E-state index in [1.165, 1.54) is 0 Å². The molecule has 6 atom stereocenters. The summed E-state index contributed by atoms with van der Waals surface area (Å²) in [5.41, 5.74) is 27.6. The lowest BCUT2D eigenvalue weighted by Crippen LogP contribution is -2.64. The lowest BCUT2D eigenvalue weighted by atomic mass is 10.0. The number of nitrogens with one attached hydrogen (secondary N) is 8. The summed E-state index contributed by atoms with van der Waals surface area (Å²) in [6.45, 7) is -1.36. The standard InChI is InChI=1S/C25H44N14O8/c26-4-1-2-11(27)6-17(41)32-8-14-20(43)35-15(9-34-25(30)47)21(44)39-18(13-3-5-31-24(29)38-13)23(46)33-7-12(28)19(42)37-16(10-40)22(45)36-14/h9,11-14,16,18,40H,1-8,10,26-28H2,(H,32,41)(H,33,46)(H,35,43)(H,36,45)(H,37,42)(H,39,44)(H3,29,31,38)(H3,30,34,47)/b15-9-/t11-,12-,13+,14-,16-,18-/m0/s1. The molecule has 1 fully saturated rings. The van der Waals surface area contributed by atoms with Gasteiger partial charge in [-0.2, -0.15) is 0 Å². The number of primary amides is 1. The number of nitrogens with two attached hydrogens (primary N) is 5. The Morgan fingerprint density at radius 3 is 2.36 bits per heavy atom. The number of aliphatic imine (C=N–C) groups is 1. The number of carbonyl (C=O) groups excluding carboxylic acids is 7. The van der Waals surface area contributed by atoms with Crippen molar-refractivity contribution in [1.82, 2.24) is 42.5 Å². The second-order valence-electron chi connectivity index (χ2n) is 10.7. The molecule has 0 radical (unpaired) electrons. The zero-order chi connectivity index (χ0) is 35.1. The third-order valence-corrected chi connectivity index (χ3v) is 6.90. The number of amides is 8. The van der Waals surface area contributed by atoms with Crippen LogP contribution in [0.3, 0.4) is 0 Å². The van der Waals surface area contributed by atoms with E-state index in [9.17, 15) is 38.7 Å². The van der Waals surface area contributed by atoms with E-state index >= 15 is 0 Å². The number of hydrogen-bond donors (Lipinski definition) is 14. The zero-order valence-corrected chi connectivity index (χ0v) is 25.5. The molecule has 22 heteroatoms. The number of nitrogens with zero attached hydrogens (tertiary/aromatic N) is 1. The van der Waals surface area contributed by atoms with Gasteiger partial charge in [-0.1, -0.05) is 0 Å². The fourth-order valence-corrected chi connectivity index (χ4v) is 4.35. The molecule has 0 aromatic heterocycles. The maximum Gasteiger partial charge on any atom is 0.316 e. The fraction of sp³-hybridized carbons (Fsp3) is 0.600. The van der Waals surface area contributed by atoms with Gasteiger partial charge in [-0.05, 0) is 25.8 Å². The Bertz CT molecular complexity index is 1240. The highest BCUT2D eigenvalue weighted by Crippen LogP contribution is 2.07. The largest absolute Gasteiger partial charge is 0.394 e.